The number of nitriles is 1. The van der Waals surface area contributed by atoms with Crippen LogP contribution < -0.4 is 10.1 Å². The molecule has 0 spiro atoms. The number of hydrogen-bond donors (Lipinski definition) is 1. The van der Waals surface area contributed by atoms with Crippen LogP contribution in [-0.2, 0) is 11.3 Å². The van der Waals surface area contributed by atoms with Gasteiger partial charge in [0.15, 0.2) is 6.61 Å². The van der Waals surface area contributed by atoms with Gasteiger partial charge in [-0.1, -0.05) is 12.1 Å². The summed E-state index contributed by atoms with van der Waals surface area (Å²) < 4.78 is 10.9. The fourth-order valence-electron chi connectivity index (χ4n) is 1.93. The molecule has 4 heteroatoms. The maximum atomic E-state index is 8.48. The number of hydrogen-bond acceptors (Lipinski definition) is 4. The Balaban J connectivity index is 1.54. The quantitative estimate of drug-likeness (QED) is 0.666. The van der Waals surface area contributed by atoms with Gasteiger partial charge < -0.3 is 14.8 Å². The van der Waals surface area contributed by atoms with E-state index in [9.17, 15) is 0 Å². The molecular formula is C16H22N2O2. The molecule has 20 heavy (non-hydrogen) atoms. The van der Waals surface area contributed by atoms with Crippen LogP contribution in [0.1, 0.15) is 24.8 Å². The van der Waals surface area contributed by atoms with E-state index >= 15 is 0 Å². The Bertz CT molecular complexity index is 438. The molecule has 0 atom stereocenters. The molecule has 0 aliphatic heterocycles. The molecule has 0 aromatic heterocycles. The van der Waals surface area contributed by atoms with Gasteiger partial charge in [-0.05, 0) is 49.4 Å². The zero-order valence-electron chi connectivity index (χ0n) is 11.8. The van der Waals surface area contributed by atoms with E-state index in [-0.39, 0.29) is 6.61 Å². The van der Waals surface area contributed by atoms with Crippen LogP contribution in [0.2, 0.25) is 0 Å². The lowest BCUT2D eigenvalue weighted by molar-refractivity contribution is 0.122. The average Bonchev–Trinajstić information content (AvgIpc) is 3.29. The number of benzene rings is 1. The molecule has 0 radical (unpaired) electrons. The molecule has 0 saturated heterocycles. The van der Waals surface area contributed by atoms with E-state index in [1.54, 1.807) is 0 Å². The van der Waals surface area contributed by atoms with Gasteiger partial charge in [0.2, 0.25) is 0 Å². The third kappa shape index (κ3) is 6.05. The summed E-state index contributed by atoms with van der Waals surface area (Å²) in [5.74, 6) is 1.60. The molecule has 108 valence electrons. The number of ether oxygens (including phenoxy) is 2. The average molecular weight is 274 g/mol. The first kappa shape index (κ1) is 14.8. The summed E-state index contributed by atoms with van der Waals surface area (Å²) in [6.07, 6.45) is 3.74. The Morgan fingerprint density at radius 2 is 2.25 bits per heavy atom. The summed E-state index contributed by atoms with van der Waals surface area (Å²) in [5, 5.41) is 11.9. The summed E-state index contributed by atoms with van der Waals surface area (Å²) >= 11 is 0. The minimum atomic E-state index is 0.0925. The Labute approximate surface area is 120 Å². The monoisotopic (exact) mass is 274 g/mol. The molecule has 1 aromatic rings. The normalized spacial score (nSPS) is 13.9. The van der Waals surface area contributed by atoms with Gasteiger partial charge in [-0.3, -0.25) is 0 Å². The first-order valence-corrected chi connectivity index (χ1v) is 7.25. The zero-order chi connectivity index (χ0) is 14.0. The Kier molecular flexibility index (Phi) is 6.36. The smallest absolute Gasteiger partial charge is 0.174 e. The standard InChI is InChI=1S/C16H22N2O2/c17-7-10-20-16-4-1-3-15(11-16)12-18-8-2-9-19-13-14-5-6-14/h1,3-4,11,14,18H,2,5-6,8-10,12-13H2. The molecule has 1 fully saturated rings. The zero-order valence-corrected chi connectivity index (χ0v) is 11.8. The summed E-state index contributed by atoms with van der Waals surface area (Å²) in [7, 11) is 0. The second-order valence-electron chi connectivity index (χ2n) is 5.14. The third-order valence-corrected chi connectivity index (χ3v) is 3.22. The van der Waals surface area contributed by atoms with E-state index in [0.29, 0.717) is 0 Å². The Morgan fingerprint density at radius 3 is 3.05 bits per heavy atom. The molecule has 4 nitrogen and oxygen atoms in total. The van der Waals surface area contributed by atoms with Crippen LogP contribution in [0.15, 0.2) is 24.3 Å². The van der Waals surface area contributed by atoms with Gasteiger partial charge in [0.05, 0.1) is 0 Å². The van der Waals surface area contributed by atoms with Crippen molar-refractivity contribution in [2.75, 3.05) is 26.4 Å². The maximum absolute atomic E-state index is 8.48. The molecule has 0 amide bonds. The Morgan fingerprint density at radius 1 is 1.35 bits per heavy atom. The van der Waals surface area contributed by atoms with Crippen molar-refractivity contribution in [1.29, 1.82) is 5.26 Å². The van der Waals surface area contributed by atoms with Crippen LogP contribution in [0.25, 0.3) is 0 Å². The van der Waals surface area contributed by atoms with Crippen molar-refractivity contribution in [3.63, 3.8) is 0 Å². The molecule has 1 aromatic carbocycles. The van der Waals surface area contributed by atoms with Crippen LogP contribution in [0, 0.1) is 17.2 Å². The molecular weight excluding hydrogens is 252 g/mol. The van der Waals surface area contributed by atoms with Crippen LogP contribution in [0.4, 0.5) is 0 Å². The highest BCUT2D eigenvalue weighted by Crippen LogP contribution is 2.28. The van der Waals surface area contributed by atoms with E-state index < -0.39 is 0 Å². The van der Waals surface area contributed by atoms with Gasteiger partial charge in [-0.15, -0.1) is 0 Å². The highest BCUT2D eigenvalue weighted by atomic mass is 16.5. The third-order valence-electron chi connectivity index (χ3n) is 3.22. The van der Waals surface area contributed by atoms with Crippen LogP contribution in [0.5, 0.6) is 5.75 Å². The summed E-state index contributed by atoms with van der Waals surface area (Å²) in [4.78, 5) is 0. The van der Waals surface area contributed by atoms with E-state index in [4.69, 9.17) is 14.7 Å². The molecule has 1 N–H and O–H groups in total. The SMILES string of the molecule is N#CCOc1cccc(CNCCCOCC2CC2)c1. The number of nitrogens with one attached hydrogen (secondary N) is 1. The van der Waals surface area contributed by atoms with Crippen molar-refractivity contribution >= 4 is 0 Å². The van der Waals surface area contributed by atoms with E-state index in [1.165, 1.54) is 18.4 Å². The highest BCUT2D eigenvalue weighted by molar-refractivity contribution is 5.28. The maximum Gasteiger partial charge on any atom is 0.174 e. The molecule has 0 bridgehead atoms. The lowest BCUT2D eigenvalue weighted by Crippen LogP contribution is -2.16. The fraction of sp³-hybridized carbons (Fsp3) is 0.562. The van der Waals surface area contributed by atoms with Crippen molar-refractivity contribution in [3.8, 4) is 11.8 Å². The van der Waals surface area contributed by atoms with Crippen molar-refractivity contribution < 1.29 is 9.47 Å². The van der Waals surface area contributed by atoms with Crippen LogP contribution in [-0.4, -0.2) is 26.4 Å². The predicted octanol–water partition coefficient (Wildman–Crippen LogP) is 2.50. The second-order valence-corrected chi connectivity index (χ2v) is 5.14. The van der Waals surface area contributed by atoms with Gasteiger partial charge in [0.1, 0.15) is 11.8 Å². The summed E-state index contributed by atoms with van der Waals surface area (Å²) in [6.45, 7) is 3.64. The van der Waals surface area contributed by atoms with Crippen LogP contribution in [0.3, 0.4) is 0 Å². The minimum Gasteiger partial charge on any atom is -0.479 e. The van der Waals surface area contributed by atoms with Crippen molar-refractivity contribution in [3.05, 3.63) is 29.8 Å². The first-order chi connectivity index (χ1) is 9.88. The summed E-state index contributed by atoms with van der Waals surface area (Å²) in [5.41, 5.74) is 1.17. The number of nitrogens with zero attached hydrogens (tertiary/aromatic N) is 1. The van der Waals surface area contributed by atoms with Crippen molar-refractivity contribution in [2.24, 2.45) is 5.92 Å². The fourth-order valence-corrected chi connectivity index (χ4v) is 1.93. The molecule has 0 unspecified atom stereocenters. The molecule has 0 heterocycles. The van der Waals surface area contributed by atoms with E-state index in [1.807, 2.05) is 24.3 Å². The second kappa shape index (κ2) is 8.57. The largest absolute Gasteiger partial charge is 0.479 e. The number of rotatable bonds is 10. The highest BCUT2D eigenvalue weighted by Gasteiger charge is 2.20. The van der Waals surface area contributed by atoms with Gasteiger partial charge in [-0.25, -0.2) is 0 Å². The van der Waals surface area contributed by atoms with Gasteiger partial charge in [0.25, 0.3) is 0 Å². The lowest BCUT2D eigenvalue weighted by Gasteiger charge is -2.07. The molecule has 1 aliphatic rings. The Hall–Kier alpha value is -1.57. The topological polar surface area (TPSA) is 54.3 Å². The van der Waals surface area contributed by atoms with E-state index in [0.717, 1.165) is 44.4 Å². The summed E-state index contributed by atoms with van der Waals surface area (Å²) in [6, 6.07) is 9.80. The molecule has 2 rings (SSSR count). The van der Waals surface area contributed by atoms with Crippen LogP contribution >= 0.6 is 0 Å². The first-order valence-electron chi connectivity index (χ1n) is 7.25. The molecule has 1 aliphatic carbocycles. The van der Waals surface area contributed by atoms with Gasteiger partial charge >= 0.3 is 0 Å². The van der Waals surface area contributed by atoms with Crippen molar-refractivity contribution in [2.45, 2.75) is 25.8 Å². The minimum absolute atomic E-state index is 0.0925. The lowest BCUT2D eigenvalue weighted by atomic mass is 10.2. The van der Waals surface area contributed by atoms with E-state index in [2.05, 4.69) is 11.4 Å². The molecule has 1 saturated carbocycles. The predicted molar refractivity (Wildman–Crippen MR) is 77.4 cm³/mol. The van der Waals surface area contributed by atoms with Gasteiger partial charge in [0, 0.05) is 19.8 Å². The van der Waals surface area contributed by atoms with Gasteiger partial charge in [-0.2, -0.15) is 5.26 Å². The van der Waals surface area contributed by atoms with Crippen molar-refractivity contribution in [1.82, 2.24) is 5.32 Å².